The van der Waals surface area contributed by atoms with Crippen LogP contribution in [0.3, 0.4) is 0 Å². The van der Waals surface area contributed by atoms with Crippen molar-refractivity contribution in [3.05, 3.63) is 47.9 Å². The van der Waals surface area contributed by atoms with Gasteiger partial charge in [0, 0.05) is 5.56 Å². The smallest absolute Gasteiger partial charge is 0.248 e. The number of nitrogens with zero attached hydrogens (tertiary/aromatic N) is 2. The fourth-order valence-corrected chi connectivity index (χ4v) is 3.01. The highest BCUT2D eigenvalue weighted by atomic mass is 16.6. The SMILES string of the molecule is Cc1c(-c2ccc3c(c2)OCCO3)cccc1-c1nnc([C@H](C)CO)o1. The van der Waals surface area contributed by atoms with E-state index >= 15 is 0 Å². The maximum atomic E-state index is 9.26. The highest BCUT2D eigenvalue weighted by Gasteiger charge is 2.18. The standard InChI is InChI=1S/C20H20N2O4/c1-12(11-23)19-21-22-20(26-19)16-5-3-4-15(13(16)2)14-6-7-17-18(10-14)25-9-8-24-17/h3-7,10,12,23H,8-9,11H2,1-2H3/t12-/m1/s1. The predicted molar refractivity (Wildman–Crippen MR) is 96.4 cm³/mol. The van der Waals surface area contributed by atoms with E-state index in [1.165, 1.54) is 0 Å². The average molecular weight is 352 g/mol. The van der Waals surface area contributed by atoms with Gasteiger partial charge in [-0.1, -0.05) is 25.1 Å². The molecule has 1 N–H and O–H groups in total. The monoisotopic (exact) mass is 352 g/mol. The summed E-state index contributed by atoms with van der Waals surface area (Å²) in [5.41, 5.74) is 4.02. The highest BCUT2D eigenvalue weighted by molar-refractivity contribution is 5.76. The molecule has 6 heteroatoms. The molecule has 26 heavy (non-hydrogen) atoms. The molecule has 134 valence electrons. The summed E-state index contributed by atoms with van der Waals surface area (Å²) in [6.45, 7) is 4.98. The molecule has 2 aromatic carbocycles. The zero-order chi connectivity index (χ0) is 18.1. The molecule has 1 aliphatic rings. The van der Waals surface area contributed by atoms with Gasteiger partial charge < -0.3 is 19.0 Å². The van der Waals surface area contributed by atoms with E-state index in [0.29, 0.717) is 25.0 Å². The van der Waals surface area contributed by atoms with E-state index in [9.17, 15) is 5.11 Å². The number of aliphatic hydroxyl groups is 1. The van der Waals surface area contributed by atoms with E-state index < -0.39 is 0 Å². The largest absolute Gasteiger partial charge is 0.486 e. The van der Waals surface area contributed by atoms with Crippen LogP contribution < -0.4 is 9.47 Å². The van der Waals surface area contributed by atoms with E-state index in [0.717, 1.165) is 33.8 Å². The molecule has 0 amide bonds. The third-order valence-corrected chi connectivity index (χ3v) is 4.55. The molecule has 1 aromatic heterocycles. The molecule has 0 radical (unpaired) electrons. The molecular formula is C20H20N2O4. The van der Waals surface area contributed by atoms with Gasteiger partial charge in [-0.3, -0.25) is 0 Å². The fourth-order valence-electron chi connectivity index (χ4n) is 3.01. The summed E-state index contributed by atoms with van der Waals surface area (Å²) in [7, 11) is 0. The molecule has 0 bridgehead atoms. The van der Waals surface area contributed by atoms with Gasteiger partial charge in [-0.25, -0.2) is 0 Å². The molecule has 2 heterocycles. The molecule has 0 unspecified atom stereocenters. The van der Waals surface area contributed by atoms with E-state index in [-0.39, 0.29) is 12.5 Å². The third-order valence-electron chi connectivity index (χ3n) is 4.55. The summed E-state index contributed by atoms with van der Waals surface area (Å²) in [6.07, 6.45) is 0. The molecule has 0 aliphatic carbocycles. The minimum Gasteiger partial charge on any atom is -0.486 e. The van der Waals surface area contributed by atoms with Crippen LogP contribution in [0.4, 0.5) is 0 Å². The van der Waals surface area contributed by atoms with Crippen molar-refractivity contribution in [1.29, 1.82) is 0 Å². The maximum Gasteiger partial charge on any atom is 0.248 e. The minimum absolute atomic E-state index is 0.0299. The number of aromatic nitrogens is 2. The topological polar surface area (TPSA) is 77.6 Å². The van der Waals surface area contributed by atoms with Gasteiger partial charge in [0.1, 0.15) is 13.2 Å². The van der Waals surface area contributed by atoms with Crippen LogP contribution in [0.15, 0.2) is 40.8 Å². The van der Waals surface area contributed by atoms with Crippen LogP contribution in [0, 0.1) is 6.92 Å². The van der Waals surface area contributed by atoms with Gasteiger partial charge in [0.2, 0.25) is 11.8 Å². The van der Waals surface area contributed by atoms with Gasteiger partial charge in [-0.05, 0) is 41.8 Å². The summed E-state index contributed by atoms with van der Waals surface area (Å²) < 4.78 is 17.0. The molecule has 0 saturated heterocycles. The highest BCUT2D eigenvalue weighted by Crippen LogP contribution is 2.37. The van der Waals surface area contributed by atoms with Crippen LogP contribution in [-0.2, 0) is 0 Å². The second-order valence-corrected chi connectivity index (χ2v) is 6.37. The number of benzene rings is 2. The first-order valence-electron chi connectivity index (χ1n) is 8.61. The molecule has 3 aromatic rings. The molecular weight excluding hydrogens is 332 g/mol. The quantitative estimate of drug-likeness (QED) is 0.773. The summed E-state index contributed by atoms with van der Waals surface area (Å²) in [4.78, 5) is 0. The number of hydrogen-bond donors (Lipinski definition) is 1. The van der Waals surface area contributed by atoms with Crippen LogP contribution in [0.1, 0.15) is 24.3 Å². The number of rotatable bonds is 4. The van der Waals surface area contributed by atoms with Crippen molar-refractivity contribution in [2.24, 2.45) is 0 Å². The Bertz CT molecular complexity index is 935. The molecule has 4 rings (SSSR count). The Balaban J connectivity index is 1.73. The van der Waals surface area contributed by atoms with E-state index in [1.807, 2.05) is 44.2 Å². The lowest BCUT2D eigenvalue weighted by Crippen LogP contribution is -2.15. The van der Waals surface area contributed by atoms with Crippen LogP contribution in [0.25, 0.3) is 22.6 Å². The zero-order valence-corrected chi connectivity index (χ0v) is 14.7. The first kappa shape index (κ1) is 16.6. The van der Waals surface area contributed by atoms with Gasteiger partial charge in [0.15, 0.2) is 11.5 Å². The summed E-state index contributed by atoms with van der Waals surface area (Å²) in [5.74, 6) is 2.24. The lowest BCUT2D eigenvalue weighted by molar-refractivity contribution is 0.171. The zero-order valence-electron chi connectivity index (χ0n) is 14.7. The van der Waals surface area contributed by atoms with Crippen molar-refractivity contribution in [3.8, 4) is 34.1 Å². The van der Waals surface area contributed by atoms with Crippen molar-refractivity contribution in [2.75, 3.05) is 19.8 Å². The van der Waals surface area contributed by atoms with Crippen molar-refractivity contribution in [3.63, 3.8) is 0 Å². The van der Waals surface area contributed by atoms with Gasteiger partial charge in [0.25, 0.3) is 0 Å². The van der Waals surface area contributed by atoms with Gasteiger partial charge in [-0.15, -0.1) is 10.2 Å². The van der Waals surface area contributed by atoms with Crippen molar-refractivity contribution >= 4 is 0 Å². The van der Waals surface area contributed by atoms with Crippen molar-refractivity contribution in [1.82, 2.24) is 10.2 Å². The molecule has 1 atom stereocenters. The van der Waals surface area contributed by atoms with E-state index in [2.05, 4.69) is 16.3 Å². The Kier molecular flexibility index (Phi) is 4.34. The van der Waals surface area contributed by atoms with Gasteiger partial charge in [-0.2, -0.15) is 0 Å². The average Bonchev–Trinajstić information content (AvgIpc) is 3.17. The van der Waals surface area contributed by atoms with E-state index in [4.69, 9.17) is 13.9 Å². The molecule has 6 nitrogen and oxygen atoms in total. The molecule has 0 spiro atoms. The van der Waals surface area contributed by atoms with E-state index in [1.54, 1.807) is 0 Å². The Labute approximate surface area is 151 Å². The Morgan fingerprint density at radius 3 is 2.62 bits per heavy atom. The van der Waals surface area contributed by atoms with Crippen LogP contribution in [0.5, 0.6) is 11.5 Å². The number of fused-ring (bicyclic) bond motifs is 1. The lowest BCUT2D eigenvalue weighted by Gasteiger charge is -2.19. The minimum atomic E-state index is -0.183. The lowest BCUT2D eigenvalue weighted by atomic mass is 9.96. The number of hydrogen-bond acceptors (Lipinski definition) is 6. The third kappa shape index (κ3) is 2.93. The second-order valence-electron chi connectivity index (χ2n) is 6.37. The maximum absolute atomic E-state index is 9.26. The fraction of sp³-hybridized carbons (Fsp3) is 0.300. The summed E-state index contributed by atoms with van der Waals surface area (Å²) in [6, 6.07) is 11.9. The predicted octanol–water partition coefficient (Wildman–Crippen LogP) is 3.58. The first-order valence-corrected chi connectivity index (χ1v) is 8.61. The molecule has 1 aliphatic heterocycles. The van der Waals surface area contributed by atoms with Crippen LogP contribution in [-0.4, -0.2) is 35.1 Å². The molecule has 0 fully saturated rings. The van der Waals surface area contributed by atoms with Crippen molar-refractivity contribution < 1.29 is 19.0 Å². The second kappa shape index (κ2) is 6.80. The van der Waals surface area contributed by atoms with Crippen LogP contribution >= 0.6 is 0 Å². The summed E-state index contributed by atoms with van der Waals surface area (Å²) >= 11 is 0. The molecule has 0 saturated carbocycles. The van der Waals surface area contributed by atoms with Crippen molar-refractivity contribution in [2.45, 2.75) is 19.8 Å². The van der Waals surface area contributed by atoms with Gasteiger partial charge >= 0.3 is 0 Å². The summed E-state index contributed by atoms with van der Waals surface area (Å²) in [5, 5.41) is 17.5. The number of ether oxygens (including phenoxy) is 2. The Morgan fingerprint density at radius 1 is 1.04 bits per heavy atom. The Hall–Kier alpha value is -2.86. The Morgan fingerprint density at radius 2 is 1.81 bits per heavy atom. The van der Waals surface area contributed by atoms with Crippen LogP contribution in [0.2, 0.25) is 0 Å². The van der Waals surface area contributed by atoms with Gasteiger partial charge in [0.05, 0.1) is 12.5 Å². The normalized spacial score (nSPS) is 14.3. The first-order chi connectivity index (χ1) is 12.7. The number of aliphatic hydroxyl groups excluding tert-OH is 1.